The van der Waals surface area contributed by atoms with Gasteiger partial charge >= 0.3 is 5.91 Å². The fourth-order valence-corrected chi connectivity index (χ4v) is 0.750. The molecule has 13 heavy (non-hydrogen) atoms. The normalized spacial score (nSPS) is 9.23. The molecule has 4 heteroatoms. The molecule has 0 aliphatic rings. The molecule has 1 rings (SSSR count). The smallest absolute Gasteiger partial charge is 0.310 e. The Kier molecular flexibility index (Phi) is 3.12. The first-order valence-electron chi connectivity index (χ1n) is 3.66. The predicted octanol–water partition coefficient (Wildman–Crippen LogP) is 0.883. The number of carbonyl (C=O) groups excluding carboxylic acids is 1. The number of rotatable bonds is 3. The molecule has 0 saturated heterocycles. The summed E-state index contributed by atoms with van der Waals surface area (Å²) in [7, 11) is 0. The molecule has 1 aromatic heterocycles. The van der Waals surface area contributed by atoms with E-state index < -0.39 is 5.91 Å². The van der Waals surface area contributed by atoms with Gasteiger partial charge in [-0.2, -0.15) is 0 Å². The third kappa shape index (κ3) is 2.65. The van der Waals surface area contributed by atoms with Crippen LogP contribution in [0.25, 0.3) is 0 Å². The molecule has 0 aliphatic carbocycles. The highest BCUT2D eigenvalue weighted by Gasteiger charge is 2.08. The highest BCUT2D eigenvalue weighted by Crippen LogP contribution is 2.05. The average Bonchev–Trinajstić information content (AvgIpc) is 2.52. The van der Waals surface area contributed by atoms with Gasteiger partial charge in [0, 0.05) is 0 Å². The van der Waals surface area contributed by atoms with Crippen molar-refractivity contribution in [3.8, 4) is 12.3 Å². The number of aryl methyl sites for hydroxylation is 1. The fraction of sp³-hybridized carbons (Fsp3) is 0.222. The lowest BCUT2D eigenvalue weighted by molar-refractivity contribution is 0.0411. The molecule has 1 amide bonds. The highest BCUT2D eigenvalue weighted by atomic mass is 16.7. The third-order valence-corrected chi connectivity index (χ3v) is 1.28. The van der Waals surface area contributed by atoms with Crippen LogP contribution >= 0.6 is 0 Å². The van der Waals surface area contributed by atoms with Gasteiger partial charge < -0.3 is 4.42 Å². The van der Waals surface area contributed by atoms with Crippen molar-refractivity contribution in [3.63, 3.8) is 0 Å². The summed E-state index contributed by atoms with van der Waals surface area (Å²) in [5, 5.41) is 0. The fourth-order valence-electron chi connectivity index (χ4n) is 0.750. The van der Waals surface area contributed by atoms with E-state index >= 15 is 0 Å². The Morgan fingerprint density at radius 2 is 2.54 bits per heavy atom. The number of hydrogen-bond donors (Lipinski definition) is 1. The molecule has 0 fully saturated rings. The number of terminal acetylenes is 1. The van der Waals surface area contributed by atoms with E-state index in [9.17, 15) is 4.79 Å². The first-order chi connectivity index (χ1) is 6.24. The van der Waals surface area contributed by atoms with Gasteiger partial charge in [0.1, 0.15) is 12.4 Å². The van der Waals surface area contributed by atoms with Gasteiger partial charge in [0.2, 0.25) is 0 Å². The predicted molar refractivity (Wildman–Crippen MR) is 45.7 cm³/mol. The Morgan fingerprint density at radius 1 is 1.77 bits per heavy atom. The first-order valence-corrected chi connectivity index (χ1v) is 3.66. The summed E-state index contributed by atoms with van der Waals surface area (Å²) in [6, 6.07) is 3.25. The van der Waals surface area contributed by atoms with Gasteiger partial charge in [-0.05, 0) is 19.1 Å². The maximum Gasteiger partial charge on any atom is 0.310 e. The van der Waals surface area contributed by atoms with Gasteiger partial charge in [-0.15, -0.1) is 6.42 Å². The minimum absolute atomic E-state index is 0.0332. The van der Waals surface area contributed by atoms with Crippen molar-refractivity contribution in [2.24, 2.45) is 0 Å². The monoisotopic (exact) mass is 179 g/mol. The zero-order valence-corrected chi connectivity index (χ0v) is 7.16. The Morgan fingerprint density at radius 3 is 3.08 bits per heavy atom. The molecular formula is C9H9NO3. The van der Waals surface area contributed by atoms with E-state index in [0.717, 1.165) is 0 Å². The molecule has 0 spiro atoms. The summed E-state index contributed by atoms with van der Waals surface area (Å²) >= 11 is 0. The maximum atomic E-state index is 11.1. The van der Waals surface area contributed by atoms with Crippen LogP contribution in [0.3, 0.4) is 0 Å². The van der Waals surface area contributed by atoms with Gasteiger partial charge in [0.05, 0.1) is 0 Å². The number of nitrogens with one attached hydrogen (secondary N) is 1. The average molecular weight is 179 g/mol. The number of hydrogen-bond acceptors (Lipinski definition) is 3. The molecule has 1 heterocycles. The molecule has 0 saturated carbocycles. The second-order valence-corrected chi connectivity index (χ2v) is 2.33. The number of carbonyl (C=O) groups is 1. The Balaban J connectivity index is 2.45. The third-order valence-electron chi connectivity index (χ3n) is 1.28. The highest BCUT2D eigenvalue weighted by molar-refractivity contribution is 5.90. The largest absolute Gasteiger partial charge is 0.456 e. The minimum atomic E-state index is -0.441. The molecule has 1 aromatic rings. The topological polar surface area (TPSA) is 51.5 Å². The number of hydroxylamine groups is 1. The second kappa shape index (κ2) is 4.33. The van der Waals surface area contributed by atoms with Crippen LogP contribution in [-0.2, 0) is 4.84 Å². The van der Waals surface area contributed by atoms with Crippen molar-refractivity contribution >= 4 is 5.91 Å². The Hall–Kier alpha value is -1.73. The van der Waals surface area contributed by atoms with Crippen molar-refractivity contribution in [2.45, 2.75) is 6.92 Å². The lowest BCUT2D eigenvalue weighted by Crippen LogP contribution is -2.23. The van der Waals surface area contributed by atoms with Crippen LogP contribution in [0.5, 0.6) is 0 Å². The van der Waals surface area contributed by atoms with Crippen molar-refractivity contribution in [1.29, 1.82) is 0 Å². The Bertz CT molecular complexity index is 335. The molecule has 1 N–H and O–H groups in total. The summed E-state index contributed by atoms with van der Waals surface area (Å²) < 4.78 is 5.03. The van der Waals surface area contributed by atoms with E-state index in [0.29, 0.717) is 5.76 Å². The van der Waals surface area contributed by atoms with Gasteiger partial charge in [-0.1, -0.05) is 5.92 Å². The van der Waals surface area contributed by atoms with E-state index in [1.54, 1.807) is 19.1 Å². The van der Waals surface area contributed by atoms with E-state index in [1.807, 2.05) is 0 Å². The number of amides is 1. The molecule has 4 nitrogen and oxygen atoms in total. The van der Waals surface area contributed by atoms with Crippen molar-refractivity contribution in [2.75, 3.05) is 6.61 Å². The summed E-state index contributed by atoms with van der Waals surface area (Å²) in [5.41, 5.74) is 2.14. The molecule has 0 aromatic carbocycles. The van der Waals surface area contributed by atoms with E-state index in [4.69, 9.17) is 10.8 Å². The van der Waals surface area contributed by atoms with E-state index in [-0.39, 0.29) is 12.4 Å². The van der Waals surface area contributed by atoms with Crippen molar-refractivity contribution in [3.05, 3.63) is 23.7 Å². The molecule has 0 unspecified atom stereocenters. The van der Waals surface area contributed by atoms with E-state index in [1.165, 1.54) is 0 Å². The lowest BCUT2D eigenvalue weighted by Gasteiger charge is -1.99. The van der Waals surface area contributed by atoms with Crippen LogP contribution < -0.4 is 5.48 Å². The molecule has 0 radical (unpaired) electrons. The van der Waals surface area contributed by atoms with Gasteiger partial charge in [-0.25, -0.2) is 5.48 Å². The summed E-state index contributed by atoms with van der Waals surface area (Å²) in [4.78, 5) is 15.7. The second-order valence-electron chi connectivity index (χ2n) is 2.33. The van der Waals surface area contributed by atoms with Crippen LogP contribution in [-0.4, -0.2) is 12.5 Å². The zero-order chi connectivity index (χ0) is 9.68. The van der Waals surface area contributed by atoms with Gasteiger partial charge in [-0.3, -0.25) is 9.63 Å². The van der Waals surface area contributed by atoms with Gasteiger partial charge in [0.15, 0.2) is 5.76 Å². The van der Waals surface area contributed by atoms with Crippen LogP contribution in [0.2, 0.25) is 0 Å². The Labute approximate surface area is 75.8 Å². The SMILES string of the molecule is C#CCONC(=O)c1ccc(C)o1. The van der Waals surface area contributed by atoms with Crippen molar-refractivity contribution in [1.82, 2.24) is 5.48 Å². The lowest BCUT2D eigenvalue weighted by atomic mass is 10.4. The molecule has 0 bridgehead atoms. The molecule has 0 aliphatic heterocycles. The van der Waals surface area contributed by atoms with Crippen molar-refractivity contribution < 1.29 is 14.0 Å². The van der Waals surface area contributed by atoms with Crippen LogP contribution in [0.1, 0.15) is 16.3 Å². The maximum absolute atomic E-state index is 11.1. The summed E-state index contributed by atoms with van der Waals surface area (Å²) in [5.74, 6) is 2.64. The standard InChI is InChI=1S/C9H9NO3/c1-3-6-12-10-9(11)8-5-4-7(2)13-8/h1,4-5H,6H2,2H3,(H,10,11). The summed E-state index contributed by atoms with van der Waals surface area (Å²) in [6.45, 7) is 1.78. The summed E-state index contributed by atoms with van der Waals surface area (Å²) in [6.07, 6.45) is 4.91. The minimum Gasteiger partial charge on any atom is -0.456 e. The van der Waals surface area contributed by atoms with Crippen LogP contribution in [0.15, 0.2) is 16.5 Å². The van der Waals surface area contributed by atoms with Gasteiger partial charge in [0.25, 0.3) is 0 Å². The van der Waals surface area contributed by atoms with E-state index in [2.05, 4.69) is 16.2 Å². The molecular weight excluding hydrogens is 170 g/mol. The van der Waals surface area contributed by atoms with Crippen LogP contribution in [0.4, 0.5) is 0 Å². The molecule has 0 atom stereocenters. The van der Waals surface area contributed by atoms with Crippen LogP contribution in [0, 0.1) is 19.3 Å². The zero-order valence-electron chi connectivity index (χ0n) is 7.16. The quantitative estimate of drug-likeness (QED) is 0.425. The number of furan rings is 1. The molecule has 68 valence electrons. The first kappa shape index (κ1) is 9.36.